The Morgan fingerprint density at radius 2 is 0.711 bits per heavy atom. The van der Waals surface area contributed by atoms with E-state index in [1.165, 1.54) is 33.4 Å². The third kappa shape index (κ3) is 8.28. The molecule has 216 valence electrons. The van der Waals surface area contributed by atoms with Gasteiger partial charge in [0.2, 0.25) is 0 Å². The van der Waals surface area contributed by atoms with E-state index in [0.717, 1.165) is 17.7 Å². The first-order valence-corrected chi connectivity index (χ1v) is 15.4. The minimum Gasteiger partial charge on any atom is -0.280 e. The van der Waals surface area contributed by atoms with Crippen molar-refractivity contribution in [3.8, 4) is 45.9 Å². The van der Waals surface area contributed by atoms with E-state index in [4.69, 9.17) is 0 Å². The zero-order valence-corrected chi connectivity index (χ0v) is 25.3. The Bertz CT molecular complexity index is 1750. The molecule has 1 nitrogen and oxygen atoms in total. The van der Waals surface area contributed by atoms with Gasteiger partial charge in [-0.3, -0.25) is 4.90 Å². The van der Waals surface area contributed by atoms with Gasteiger partial charge >= 0.3 is 0 Å². The van der Waals surface area contributed by atoms with E-state index in [1.807, 2.05) is 12.1 Å². The van der Waals surface area contributed by atoms with Crippen LogP contribution in [-0.2, 0) is 0 Å². The largest absolute Gasteiger partial charge is 0.280 e. The summed E-state index contributed by atoms with van der Waals surface area (Å²) >= 11 is 0. The van der Waals surface area contributed by atoms with Crippen LogP contribution in [-0.4, -0.2) is 24.5 Å². The third-order valence-corrected chi connectivity index (χ3v) is 7.90. The van der Waals surface area contributed by atoms with Crippen LogP contribution in [0.4, 0.5) is 0 Å². The Kier molecular flexibility index (Phi) is 9.97. The van der Waals surface area contributed by atoms with Crippen molar-refractivity contribution in [2.75, 3.05) is 19.6 Å². The van der Waals surface area contributed by atoms with Crippen molar-refractivity contribution in [1.29, 1.82) is 0 Å². The lowest BCUT2D eigenvalue weighted by Crippen LogP contribution is -2.30. The van der Waals surface area contributed by atoms with E-state index < -0.39 is 0 Å². The summed E-state index contributed by atoms with van der Waals surface area (Å²) in [6, 6.07) is 59.4. The summed E-state index contributed by atoms with van der Waals surface area (Å²) in [7, 11) is 0. The van der Waals surface area contributed by atoms with Crippen molar-refractivity contribution in [1.82, 2.24) is 4.90 Å². The van der Waals surface area contributed by atoms with Gasteiger partial charge in [-0.15, -0.1) is 0 Å². The standard InChI is InChI=1S/C44H35N/c1-5-17-38(18-6-1)40-29-25-36(26-30-40)15-13-33-45(35-44(42-21-9-3-10-22-42)43-23-11-4-12-24-43)34-14-16-37-27-31-41(32-28-37)39-19-7-2-8-20-39/h1-12,17-32,44H,33-35H2. The summed E-state index contributed by atoms with van der Waals surface area (Å²) in [5.74, 6) is 13.9. The lowest BCUT2D eigenvalue weighted by molar-refractivity contribution is 0.333. The number of hydrogen-bond donors (Lipinski definition) is 0. The van der Waals surface area contributed by atoms with Crippen molar-refractivity contribution in [2.45, 2.75) is 5.92 Å². The Balaban J connectivity index is 1.21. The molecule has 0 saturated carbocycles. The molecule has 6 rings (SSSR count). The van der Waals surface area contributed by atoms with Gasteiger partial charge < -0.3 is 0 Å². The molecular formula is C44H35N. The van der Waals surface area contributed by atoms with Crippen molar-refractivity contribution in [3.05, 3.63) is 192 Å². The molecule has 0 fully saturated rings. The normalized spacial score (nSPS) is 10.5. The van der Waals surface area contributed by atoms with Gasteiger partial charge in [0.25, 0.3) is 0 Å². The second kappa shape index (κ2) is 15.2. The van der Waals surface area contributed by atoms with Crippen LogP contribution in [0.2, 0.25) is 0 Å². The van der Waals surface area contributed by atoms with E-state index in [1.54, 1.807) is 0 Å². The second-order valence-electron chi connectivity index (χ2n) is 11.0. The fourth-order valence-electron chi connectivity index (χ4n) is 5.48. The smallest absolute Gasteiger partial charge is 0.0614 e. The van der Waals surface area contributed by atoms with Gasteiger partial charge in [-0.05, 0) is 57.6 Å². The highest BCUT2D eigenvalue weighted by Gasteiger charge is 2.17. The Morgan fingerprint density at radius 1 is 0.378 bits per heavy atom. The van der Waals surface area contributed by atoms with Crippen LogP contribution in [0, 0.1) is 23.7 Å². The van der Waals surface area contributed by atoms with Crippen molar-refractivity contribution in [3.63, 3.8) is 0 Å². The van der Waals surface area contributed by atoms with E-state index in [2.05, 4.69) is 186 Å². The topological polar surface area (TPSA) is 3.24 Å². The Hall–Kier alpha value is -5.60. The average molecular weight is 578 g/mol. The Labute approximate surface area is 267 Å². The molecule has 0 bridgehead atoms. The maximum absolute atomic E-state index is 3.45. The van der Waals surface area contributed by atoms with Crippen molar-refractivity contribution < 1.29 is 0 Å². The van der Waals surface area contributed by atoms with Crippen LogP contribution in [0.1, 0.15) is 28.2 Å². The first-order chi connectivity index (χ1) is 22.3. The number of nitrogens with zero attached hydrogens (tertiary/aromatic N) is 1. The van der Waals surface area contributed by atoms with Crippen LogP contribution in [0.15, 0.2) is 170 Å². The molecule has 0 spiro atoms. The first kappa shape index (κ1) is 29.5. The predicted octanol–water partition coefficient (Wildman–Crippen LogP) is 9.56. The summed E-state index contributed by atoms with van der Waals surface area (Å²) in [5.41, 5.74) is 9.44. The van der Waals surface area contributed by atoms with E-state index in [0.29, 0.717) is 13.1 Å². The molecular weight excluding hydrogens is 542 g/mol. The van der Waals surface area contributed by atoms with Gasteiger partial charge in [0.05, 0.1) is 13.1 Å². The highest BCUT2D eigenvalue weighted by atomic mass is 15.1. The molecule has 0 aromatic heterocycles. The lowest BCUT2D eigenvalue weighted by atomic mass is 9.91. The number of benzene rings is 6. The second-order valence-corrected chi connectivity index (χ2v) is 11.0. The molecule has 0 heterocycles. The molecule has 6 aromatic carbocycles. The minimum absolute atomic E-state index is 0.214. The minimum atomic E-state index is 0.214. The van der Waals surface area contributed by atoms with Crippen molar-refractivity contribution in [2.24, 2.45) is 0 Å². The molecule has 6 aromatic rings. The van der Waals surface area contributed by atoms with Crippen LogP contribution in [0.5, 0.6) is 0 Å². The zero-order valence-electron chi connectivity index (χ0n) is 25.3. The molecule has 45 heavy (non-hydrogen) atoms. The molecule has 1 heteroatoms. The molecule has 0 N–H and O–H groups in total. The van der Waals surface area contributed by atoms with Crippen LogP contribution >= 0.6 is 0 Å². The van der Waals surface area contributed by atoms with Crippen LogP contribution in [0.25, 0.3) is 22.3 Å². The van der Waals surface area contributed by atoms with Gasteiger partial charge in [0.1, 0.15) is 0 Å². The number of hydrogen-bond acceptors (Lipinski definition) is 1. The highest BCUT2D eigenvalue weighted by Crippen LogP contribution is 2.26. The summed E-state index contributed by atoms with van der Waals surface area (Å²) < 4.78 is 0. The lowest BCUT2D eigenvalue weighted by Gasteiger charge is -2.25. The van der Waals surface area contributed by atoms with Gasteiger partial charge in [-0.1, -0.05) is 169 Å². The molecule has 0 aliphatic carbocycles. The quantitative estimate of drug-likeness (QED) is 0.163. The fraction of sp³-hybridized carbons (Fsp3) is 0.0909. The zero-order chi connectivity index (χ0) is 30.5. The van der Waals surface area contributed by atoms with E-state index >= 15 is 0 Å². The fourth-order valence-corrected chi connectivity index (χ4v) is 5.48. The monoisotopic (exact) mass is 577 g/mol. The molecule has 0 aliphatic heterocycles. The van der Waals surface area contributed by atoms with Gasteiger partial charge in [-0.2, -0.15) is 0 Å². The van der Waals surface area contributed by atoms with E-state index in [-0.39, 0.29) is 5.92 Å². The maximum Gasteiger partial charge on any atom is 0.0614 e. The maximum atomic E-state index is 3.45. The SMILES string of the molecule is C(#Cc1ccc(-c2ccccc2)cc1)CN(CC#Cc1ccc(-c2ccccc2)cc1)CC(c1ccccc1)c1ccccc1. The van der Waals surface area contributed by atoms with Crippen LogP contribution in [0.3, 0.4) is 0 Å². The van der Waals surface area contributed by atoms with Crippen LogP contribution < -0.4 is 0 Å². The van der Waals surface area contributed by atoms with Gasteiger partial charge in [0.15, 0.2) is 0 Å². The highest BCUT2D eigenvalue weighted by molar-refractivity contribution is 5.65. The predicted molar refractivity (Wildman–Crippen MR) is 189 cm³/mol. The average Bonchev–Trinajstić information content (AvgIpc) is 3.12. The van der Waals surface area contributed by atoms with Gasteiger partial charge in [0, 0.05) is 23.6 Å². The summed E-state index contributed by atoms with van der Waals surface area (Å²) in [5, 5.41) is 0. The summed E-state index contributed by atoms with van der Waals surface area (Å²) in [6.07, 6.45) is 0. The first-order valence-electron chi connectivity index (χ1n) is 15.4. The van der Waals surface area contributed by atoms with E-state index in [9.17, 15) is 0 Å². The molecule has 0 atom stereocenters. The Morgan fingerprint density at radius 3 is 1.09 bits per heavy atom. The molecule has 0 saturated heterocycles. The third-order valence-electron chi connectivity index (χ3n) is 7.90. The summed E-state index contributed by atoms with van der Waals surface area (Å²) in [4.78, 5) is 2.36. The van der Waals surface area contributed by atoms with Gasteiger partial charge in [-0.25, -0.2) is 0 Å². The molecule has 0 radical (unpaired) electrons. The van der Waals surface area contributed by atoms with Crippen molar-refractivity contribution >= 4 is 0 Å². The molecule has 0 unspecified atom stereocenters. The summed E-state index contributed by atoms with van der Waals surface area (Å²) in [6.45, 7) is 2.06. The molecule has 0 aliphatic rings. The molecule has 0 amide bonds. The number of rotatable bonds is 8.